The third kappa shape index (κ3) is 2.27. The van der Waals surface area contributed by atoms with Crippen LogP contribution in [-0.2, 0) is 11.2 Å². The first-order valence-corrected chi connectivity index (χ1v) is 4.86. The molecule has 2 rings (SSSR count). The first-order valence-electron chi connectivity index (χ1n) is 4.86. The molecule has 90 valence electrons. The summed E-state index contributed by atoms with van der Waals surface area (Å²) in [6.07, 6.45) is 0.129. The molecule has 1 heterocycles. The van der Waals surface area contributed by atoms with Gasteiger partial charge in [-0.25, -0.2) is 0 Å². The SMILES string of the molecule is O=C(O)CCc1cc2c(c([N+](=O)[O-])c1)OCO2. The van der Waals surface area contributed by atoms with Crippen LogP contribution in [0.3, 0.4) is 0 Å². The van der Waals surface area contributed by atoms with Crippen LogP contribution in [0.25, 0.3) is 0 Å². The second-order valence-corrected chi connectivity index (χ2v) is 3.50. The lowest BCUT2D eigenvalue weighted by molar-refractivity contribution is -0.385. The Hall–Kier alpha value is -2.31. The highest BCUT2D eigenvalue weighted by Crippen LogP contribution is 2.41. The van der Waals surface area contributed by atoms with Crippen molar-refractivity contribution in [3.63, 3.8) is 0 Å². The van der Waals surface area contributed by atoms with Crippen LogP contribution in [0.4, 0.5) is 5.69 Å². The number of benzene rings is 1. The van der Waals surface area contributed by atoms with E-state index in [1.165, 1.54) is 6.07 Å². The fraction of sp³-hybridized carbons (Fsp3) is 0.300. The molecule has 0 bridgehead atoms. The van der Waals surface area contributed by atoms with E-state index in [1.54, 1.807) is 6.07 Å². The summed E-state index contributed by atoms with van der Waals surface area (Å²) in [6, 6.07) is 2.88. The van der Waals surface area contributed by atoms with Crippen LogP contribution in [0, 0.1) is 10.1 Å². The molecule has 0 aromatic heterocycles. The minimum absolute atomic E-state index is 0.0570. The van der Waals surface area contributed by atoms with E-state index in [2.05, 4.69) is 0 Å². The van der Waals surface area contributed by atoms with E-state index in [9.17, 15) is 14.9 Å². The molecule has 0 fully saturated rings. The summed E-state index contributed by atoms with van der Waals surface area (Å²) in [6.45, 7) is -0.0570. The van der Waals surface area contributed by atoms with E-state index in [-0.39, 0.29) is 31.1 Å². The molecule has 1 aliphatic rings. The van der Waals surface area contributed by atoms with E-state index in [0.717, 1.165) is 0 Å². The highest BCUT2D eigenvalue weighted by Gasteiger charge is 2.26. The Kier molecular flexibility index (Phi) is 2.82. The van der Waals surface area contributed by atoms with Crippen molar-refractivity contribution in [2.24, 2.45) is 0 Å². The number of hydrogen-bond donors (Lipinski definition) is 1. The summed E-state index contributed by atoms with van der Waals surface area (Å²) in [7, 11) is 0. The fourth-order valence-electron chi connectivity index (χ4n) is 1.58. The first-order chi connectivity index (χ1) is 8.08. The largest absolute Gasteiger partial charge is 0.481 e. The molecule has 1 aromatic rings. The number of nitrogens with zero attached hydrogens (tertiary/aromatic N) is 1. The smallest absolute Gasteiger partial charge is 0.315 e. The third-order valence-electron chi connectivity index (χ3n) is 2.34. The molecule has 1 aliphatic heterocycles. The van der Waals surface area contributed by atoms with Gasteiger partial charge in [0.2, 0.25) is 12.5 Å². The molecule has 7 heteroatoms. The number of aryl methyl sites for hydroxylation is 1. The summed E-state index contributed by atoms with van der Waals surface area (Å²) in [5.74, 6) is -0.556. The van der Waals surface area contributed by atoms with Gasteiger partial charge in [0.05, 0.1) is 4.92 Å². The Labute approximate surface area is 95.7 Å². The second-order valence-electron chi connectivity index (χ2n) is 3.50. The summed E-state index contributed by atoms with van der Waals surface area (Å²) < 4.78 is 10.1. The third-order valence-corrected chi connectivity index (χ3v) is 2.34. The molecule has 0 amide bonds. The average molecular weight is 239 g/mol. The molecule has 1 aromatic carbocycles. The van der Waals surface area contributed by atoms with Crippen molar-refractivity contribution in [1.82, 2.24) is 0 Å². The van der Waals surface area contributed by atoms with E-state index in [0.29, 0.717) is 11.3 Å². The maximum atomic E-state index is 10.8. The molecule has 0 saturated carbocycles. The maximum Gasteiger partial charge on any atom is 0.315 e. The van der Waals surface area contributed by atoms with Crippen LogP contribution >= 0.6 is 0 Å². The van der Waals surface area contributed by atoms with E-state index in [4.69, 9.17) is 14.6 Å². The van der Waals surface area contributed by atoms with Crippen LogP contribution in [0.1, 0.15) is 12.0 Å². The zero-order chi connectivity index (χ0) is 12.4. The number of nitro groups is 1. The van der Waals surface area contributed by atoms with Gasteiger partial charge in [-0.2, -0.15) is 0 Å². The number of fused-ring (bicyclic) bond motifs is 1. The van der Waals surface area contributed by atoms with E-state index >= 15 is 0 Å². The van der Waals surface area contributed by atoms with Crippen LogP contribution in [-0.4, -0.2) is 22.8 Å². The Morgan fingerprint density at radius 3 is 2.88 bits per heavy atom. The highest BCUT2D eigenvalue weighted by molar-refractivity contribution is 5.67. The number of ether oxygens (including phenoxy) is 2. The molecule has 17 heavy (non-hydrogen) atoms. The molecule has 1 N–H and O–H groups in total. The maximum absolute atomic E-state index is 10.8. The van der Waals surface area contributed by atoms with Gasteiger partial charge < -0.3 is 14.6 Å². The zero-order valence-corrected chi connectivity index (χ0v) is 8.71. The standard InChI is InChI=1S/C10H9NO6/c12-9(13)2-1-6-3-7(11(14)15)10-8(4-6)16-5-17-10/h3-4H,1-2,5H2,(H,12,13). The fourth-order valence-corrected chi connectivity index (χ4v) is 1.58. The van der Waals surface area contributed by atoms with Gasteiger partial charge >= 0.3 is 11.7 Å². The Balaban J connectivity index is 2.33. The van der Waals surface area contributed by atoms with Crippen molar-refractivity contribution in [2.75, 3.05) is 6.79 Å². The summed E-state index contributed by atoms with van der Waals surface area (Å²) in [5.41, 5.74) is 0.351. The highest BCUT2D eigenvalue weighted by atomic mass is 16.7. The minimum atomic E-state index is -0.953. The van der Waals surface area contributed by atoms with Gasteiger partial charge in [-0.15, -0.1) is 0 Å². The van der Waals surface area contributed by atoms with Crippen LogP contribution < -0.4 is 9.47 Å². The van der Waals surface area contributed by atoms with Gasteiger partial charge in [0, 0.05) is 12.5 Å². The second kappa shape index (κ2) is 4.28. The Morgan fingerprint density at radius 1 is 1.47 bits per heavy atom. The molecule has 0 aliphatic carbocycles. The monoisotopic (exact) mass is 239 g/mol. The zero-order valence-electron chi connectivity index (χ0n) is 8.71. The number of nitro benzene ring substituents is 1. The summed E-state index contributed by atoms with van der Waals surface area (Å²) >= 11 is 0. The Morgan fingerprint density at radius 2 is 2.24 bits per heavy atom. The number of aliphatic carboxylic acids is 1. The number of carboxylic acid groups (broad SMARTS) is 1. The van der Waals surface area contributed by atoms with Crippen molar-refractivity contribution in [3.05, 3.63) is 27.8 Å². The summed E-state index contributed by atoms with van der Waals surface area (Å²) in [5, 5.41) is 19.4. The van der Waals surface area contributed by atoms with Crippen LogP contribution in [0.2, 0.25) is 0 Å². The lowest BCUT2D eigenvalue weighted by Gasteiger charge is -2.02. The number of rotatable bonds is 4. The Bertz CT molecular complexity index is 484. The normalized spacial score (nSPS) is 12.5. The molecular formula is C10H9NO6. The molecule has 7 nitrogen and oxygen atoms in total. The van der Waals surface area contributed by atoms with Crippen LogP contribution in [0.5, 0.6) is 11.5 Å². The van der Waals surface area contributed by atoms with Gasteiger partial charge in [-0.1, -0.05) is 0 Å². The van der Waals surface area contributed by atoms with Gasteiger partial charge in [0.1, 0.15) is 0 Å². The predicted octanol–water partition coefficient (Wildman–Crippen LogP) is 1.34. The van der Waals surface area contributed by atoms with Crippen molar-refractivity contribution in [3.8, 4) is 11.5 Å². The van der Waals surface area contributed by atoms with E-state index < -0.39 is 10.9 Å². The van der Waals surface area contributed by atoms with Crippen molar-refractivity contribution < 1.29 is 24.3 Å². The van der Waals surface area contributed by atoms with Crippen LogP contribution in [0.15, 0.2) is 12.1 Å². The van der Waals surface area contributed by atoms with E-state index in [1.807, 2.05) is 0 Å². The van der Waals surface area contributed by atoms with Gasteiger partial charge in [0.25, 0.3) is 0 Å². The lowest BCUT2D eigenvalue weighted by Crippen LogP contribution is -1.98. The number of carboxylic acids is 1. The first kappa shape index (κ1) is 11.2. The molecular weight excluding hydrogens is 230 g/mol. The number of carbonyl (C=O) groups is 1. The number of hydrogen-bond acceptors (Lipinski definition) is 5. The van der Waals surface area contributed by atoms with Crippen molar-refractivity contribution in [1.29, 1.82) is 0 Å². The molecule has 0 radical (unpaired) electrons. The summed E-state index contributed by atoms with van der Waals surface area (Å²) in [4.78, 5) is 20.7. The predicted molar refractivity (Wildman–Crippen MR) is 55.2 cm³/mol. The van der Waals surface area contributed by atoms with Gasteiger partial charge in [-0.3, -0.25) is 14.9 Å². The average Bonchev–Trinajstić information content (AvgIpc) is 2.72. The van der Waals surface area contributed by atoms with Crippen molar-refractivity contribution >= 4 is 11.7 Å². The van der Waals surface area contributed by atoms with Gasteiger partial charge in [0.15, 0.2) is 5.75 Å². The molecule has 0 spiro atoms. The molecule has 0 atom stereocenters. The quantitative estimate of drug-likeness (QED) is 0.628. The van der Waals surface area contributed by atoms with Crippen molar-refractivity contribution in [2.45, 2.75) is 12.8 Å². The lowest BCUT2D eigenvalue weighted by atomic mass is 10.1. The molecule has 0 saturated heterocycles. The minimum Gasteiger partial charge on any atom is -0.481 e. The van der Waals surface area contributed by atoms with Gasteiger partial charge in [-0.05, 0) is 18.1 Å². The molecule has 0 unspecified atom stereocenters. The topological polar surface area (TPSA) is 98.9 Å².